The minimum atomic E-state index is -0.570. The maximum Gasteiger partial charge on any atom is 0.358 e. The van der Waals surface area contributed by atoms with Gasteiger partial charge in [0.1, 0.15) is 0 Å². The number of carbonyl (C=O) groups is 1. The lowest BCUT2D eigenvalue weighted by Gasteiger charge is -2.02. The molecule has 2 heterocycles. The number of guanidine groups is 1. The van der Waals surface area contributed by atoms with Crippen LogP contribution in [0.4, 0.5) is 5.13 Å². The van der Waals surface area contributed by atoms with Gasteiger partial charge in [0.25, 0.3) is 0 Å². The monoisotopic (exact) mass is 307 g/mol. The molecule has 0 atom stereocenters. The summed E-state index contributed by atoms with van der Waals surface area (Å²) in [5, 5.41) is 21.1. The van der Waals surface area contributed by atoms with Crippen molar-refractivity contribution in [3.8, 4) is 10.4 Å². The summed E-state index contributed by atoms with van der Waals surface area (Å²) in [6.45, 7) is 1.92. The highest BCUT2D eigenvalue weighted by molar-refractivity contribution is 7.19. The number of aromatic nitrogens is 2. The summed E-state index contributed by atoms with van der Waals surface area (Å²) in [6, 6.07) is 3.14. The molecule has 4 N–H and O–H groups in total. The van der Waals surface area contributed by atoms with Crippen LogP contribution in [0.15, 0.2) is 24.5 Å². The Hall–Kier alpha value is -2.68. The van der Waals surface area contributed by atoms with Gasteiger partial charge < -0.3 is 21.0 Å². The second-order valence-corrected chi connectivity index (χ2v) is 4.90. The molecule has 0 bridgehead atoms. The minimum absolute atomic E-state index is 0.120. The van der Waals surface area contributed by atoms with E-state index in [0.29, 0.717) is 20.3 Å². The number of ether oxygens (including phenoxy) is 1. The Labute approximate surface area is 124 Å². The van der Waals surface area contributed by atoms with Crippen molar-refractivity contribution < 1.29 is 14.3 Å². The average Bonchev–Trinajstić information content (AvgIpc) is 2.83. The van der Waals surface area contributed by atoms with Crippen LogP contribution in [0.25, 0.3) is 10.4 Å². The van der Waals surface area contributed by atoms with Crippen molar-refractivity contribution in [3.05, 3.63) is 35.4 Å². The molecule has 0 aromatic carbocycles. The number of hydrogen-bond donors (Lipinski definition) is 3. The molecule has 0 aliphatic rings. The van der Waals surface area contributed by atoms with E-state index in [2.05, 4.69) is 10.3 Å². The van der Waals surface area contributed by atoms with Gasteiger partial charge in [-0.3, -0.25) is 5.41 Å². The largest absolute Gasteiger partial charge is 0.619 e. The van der Waals surface area contributed by atoms with Crippen molar-refractivity contribution in [2.45, 2.75) is 6.92 Å². The predicted molar refractivity (Wildman–Crippen MR) is 78.0 cm³/mol. The molecule has 21 heavy (non-hydrogen) atoms. The quantitative estimate of drug-likeness (QED) is 0.253. The van der Waals surface area contributed by atoms with Crippen molar-refractivity contribution in [2.75, 3.05) is 11.9 Å². The molecular formula is C12H13N5O3S. The number of hydrogen-bond acceptors (Lipinski definition) is 6. The van der Waals surface area contributed by atoms with Gasteiger partial charge in [-0.2, -0.15) is 4.73 Å². The van der Waals surface area contributed by atoms with E-state index < -0.39 is 5.97 Å². The molecule has 0 amide bonds. The summed E-state index contributed by atoms with van der Waals surface area (Å²) in [6.07, 6.45) is 2.64. The van der Waals surface area contributed by atoms with Gasteiger partial charge in [-0.25, -0.2) is 9.78 Å². The fourth-order valence-electron chi connectivity index (χ4n) is 1.59. The van der Waals surface area contributed by atoms with E-state index in [1.807, 2.05) is 0 Å². The van der Waals surface area contributed by atoms with Crippen LogP contribution in [-0.2, 0) is 4.74 Å². The van der Waals surface area contributed by atoms with E-state index in [9.17, 15) is 10.0 Å². The SMILES string of the molecule is CCOC(=O)c1nc(NC(=N)N)sc1-c1cc[n+]([O-])cc1. The van der Waals surface area contributed by atoms with Crippen LogP contribution < -0.4 is 15.8 Å². The summed E-state index contributed by atoms with van der Waals surface area (Å²) in [7, 11) is 0. The number of anilines is 1. The van der Waals surface area contributed by atoms with E-state index in [1.165, 1.54) is 12.4 Å². The second kappa shape index (κ2) is 6.18. The van der Waals surface area contributed by atoms with Crippen molar-refractivity contribution in [1.82, 2.24) is 4.98 Å². The molecule has 110 valence electrons. The lowest BCUT2D eigenvalue weighted by molar-refractivity contribution is -0.605. The summed E-state index contributed by atoms with van der Waals surface area (Å²) in [5.41, 5.74) is 6.03. The highest BCUT2D eigenvalue weighted by Gasteiger charge is 2.21. The van der Waals surface area contributed by atoms with Gasteiger partial charge in [0, 0.05) is 17.7 Å². The Balaban J connectivity index is 2.45. The third kappa shape index (κ3) is 3.45. The Kier molecular flexibility index (Phi) is 4.33. The maximum atomic E-state index is 11.9. The van der Waals surface area contributed by atoms with Crippen LogP contribution >= 0.6 is 11.3 Å². The topological polar surface area (TPSA) is 128 Å². The van der Waals surface area contributed by atoms with E-state index in [-0.39, 0.29) is 18.3 Å². The minimum Gasteiger partial charge on any atom is -0.619 e. The molecule has 0 unspecified atom stereocenters. The molecule has 2 aromatic rings. The number of pyridine rings is 1. The maximum absolute atomic E-state index is 11.9. The van der Waals surface area contributed by atoms with Gasteiger partial charge >= 0.3 is 5.97 Å². The van der Waals surface area contributed by atoms with Crippen molar-refractivity contribution >= 4 is 28.4 Å². The van der Waals surface area contributed by atoms with Gasteiger partial charge in [0.2, 0.25) is 0 Å². The molecule has 0 aliphatic heterocycles. The molecule has 2 aromatic heterocycles. The predicted octanol–water partition coefficient (Wildman–Crippen LogP) is 0.926. The molecule has 0 spiro atoms. The molecule has 0 aliphatic carbocycles. The molecule has 0 radical (unpaired) electrons. The molecule has 0 fully saturated rings. The number of nitrogens with two attached hydrogens (primary N) is 1. The summed E-state index contributed by atoms with van der Waals surface area (Å²) < 4.78 is 5.60. The summed E-state index contributed by atoms with van der Waals surface area (Å²) in [5.74, 6) is -0.852. The third-order valence-electron chi connectivity index (χ3n) is 2.40. The van der Waals surface area contributed by atoms with Crippen LogP contribution in [0, 0.1) is 10.6 Å². The Morgan fingerprint density at radius 2 is 2.24 bits per heavy atom. The second-order valence-electron chi connectivity index (χ2n) is 3.90. The van der Waals surface area contributed by atoms with Crippen molar-refractivity contribution in [2.24, 2.45) is 5.73 Å². The van der Waals surface area contributed by atoms with E-state index >= 15 is 0 Å². The van der Waals surface area contributed by atoms with Gasteiger partial charge in [0.15, 0.2) is 29.2 Å². The molecule has 8 nitrogen and oxygen atoms in total. The number of rotatable bonds is 4. The first-order chi connectivity index (χ1) is 10.0. The zero-order valence-corrected chi connectivity index (χ0v) is 11.9. The standard InChI is InChI=1S/C12H13N5O3S/c1-2-20-10(18)8-9(7-3-5-17(19)6-4-7)21-12(15-8)16-11(13)14/h3-6H,2H2,1H3,(H4,13,14,15,16). The van der Waals surface area contributed by atoms with Crippen LogP contribution in [0.5, 0.6) is 0 Å². The lowest BCUT2D eigenvalue weighted by atomic mass is 10.2. The fraction of sp³-hybridized carbons (Fsp3) is 0.167. The van der Waals surface area contributed by atoms with Crippen molar-refractivity contribution in [3.63, 3.8) is 0 Å². The fourth-order valence-corrected chi connectivity index (χ4v) is 2.56. The van der Waals surface area contributed by atoms with E-state index in [0.717, 1.165) is 11.3 Å². The highest BCUT2D eigenvalue weighted by atomic mass is 32.1. The van der Waals surface area contributed by atoms with E-state index in [1.54, 1.807) is 19.1 Å². The molecular weight excluding hydrogens is 294 g/mol. The molecule has 9 heteroatoms. The first kappa shape index (κ1) is 14.7. The zero-order valence-electron chi connectivity index (χ0n) is 11.1. The van der Waals surface area contributed by atoms with Crippen LogP contribution in [-0.4, -0.2) is 23.5 Å². The first-order valence-electron chi connectivity index (χ1n) is 5.99. The first-order valence-corrected chi connectivity index (χ1v) is 6.81. The third-order valence-corrected chi connectivity index (χ3v) is 3.42. The Morgan fingerprint density at radius 1 is 1.57 bits per heavy atom. The van der Waals surface area contributed by atoms with Crippen molar-refractivity contribution in [1.29, 1.82) is 5.41 Å². The highest BCUT2D eigenvalue weighted by Crippen LogP contribution is 2.33. The van der Waals surface area contributed by atoms with Gasteiger partial charge in [-0.15, -0.1) is 0 Å². The van der Waals surface area contributed by atoms with Gasteiger partial charge in [-0.1, -0.05) is 11.3 Å². The number of esters is 1. The molecule has 0 saturated heterocycles. The smallest absolute Gasteiger partial charge is 0.358 e. The van der Waals surface area contributed by atoms with Crippen LogP contribution in [0.2, 0.25) is 0 Å². The molecule has 2 rings (SSSR count). The van der Waals surface area contributed by atoms with Gasteiger partial charge in [-0.05, 0) is 6.92 Å². The number of nitrogens with zero attached hydrogens (tertiary/aromatic N) is 2. The summed E-state index contributed by atoms with van der Waals surface area (Å²) in [4.78, 5) is 16.6. The number of nitrogens with one attached hydrogen (secondary N) is 2. The van der Waals surface area contributed by atoms with E-state index in [4.69, 9.17) is 15.9 Å². The van der Waals surface area contributed by atoms with Gasteiger partial charge in [0.05, 0.1) is 11.5 Å². The molecule has 0 saturated carbocycles. The van der Waals surface area contributed by atoms with Crippen LogP contribution in [0.1, 0.15) is 17.4 Å². The Morgan fingerprint density at radius 3 is 2.81 bits per heavy atom. The summed E-state index contributed by atoms with van der Waals surface area (Å²) >= 11 is 1.15. The van der Waals surface area contributed by atoms with Crippen LogP contribution in [0.3, 0.4) is 0 Å². The zero-order chi connectivity index (χ0) is 15.4. The lowest BCUT2D eigenvalue weighted by Crippen LogP contribution is -2.23. The normalized spacial score (nSPS) is 10.1. The Bertz CT molecular complexity index is 668. The number of thiazole rings is 1. The average molecular weight is 307 g/mol. The number of carbonyl (C=O) groups excluding carboxylic acids is 1.